The van der Waals surface area contributed by atoms with Gasteiger partial charge in [0.15, 0.2) is 5.13 Å². The molecule has 9 nitrogen and oxygen atoms in total. The monoisotopic (exact) mass is 486 g/mol. The number of anilines is 3. The van der Waals surface area contributed by atoms with Crippen molar-refractivity contribution in [2.75, 3.05) is 48.8 Å². The van der Waals surface area contributed by atoms with Crippen molar-refractivity contribution in [3.05, 3.63) is 58.7 Å². The molecule has 0 saturated carbocycles. The normalized spacial score (nSPS) is 13.5. The molecule has 4 rings (SSSR count). The summed E-state index contributed by atoms with van der Waals surface area (Å²) in [5.41, 5.74) is 1.05. The number of ether oxygens (including phenoxy) is 1. The van der Waals surface area contributed by atoms with Gasteiger partial charge in [-0.2, -0.15) is 0 Å². The summed E-state index contributed by atoms with van der Waals surface area (Å²) < 4.78 is 5.24. The van der Waals surface area contributed by atoms with Gasteiger partial charge in [-0.3, -0.25) is 10.1 Å². The predicted octanol–water partition coefficient (Wildman–Crippen LogP) is 3.74. The van der Waals surface area contributed by atoms with E-state index in [1.807, 2.05) is 18.2 Å². The average molecular weight is 487 g/mol. The Bertz CT molecular complexity index is 1120. The molecule has 0 unspecified atom stereocenters. The third-order valence-corrected chi connectivity index (χ3v) is 6.12. The number of benzene rings is 1. The van der Waals surface area contributed by atoms with Crippen LogP contribution in [0.2, 0.25) is 5.02 Å². The number of aromatic nitrogens is 2. The Balaban J connectivity index is 1.28. The Hall–Kier alpha value is -3.37. The highest BCUT2D eigenvalue weighted by atomic mass is 35.5. The fourth-order valence-corrected chi connectivity index (χ4v) is 4.30. The molecule has 2 aromatic heterocycles. The number of hydrogen-bond acceptors (Lipinski definition) is 7. The lowest BCUT2D eigenvalue weighted by atomic mass is 10.2. The lowest BCUT2D eigenvalue weighted by molar-refractivity contribution is -0.115. The van der Waals surface area contributed by atoms with Crippen LogP contribution in [0.5, 0.6) is 5.75 Å². The number of pyridine rings is 1. The largest absolute Gasteiger partial charge is 0.495 e. The fraction of sp³-hybridized carbons (Fsp3) is 0.273. The maximum absolute atomic E-state index is 12.6. The number of amides is 3. The molecule has 33 heavy (non-hydrogen) atoms. The molecule has 1 aliphatic rings. The lowest BCUT2D eigenvalue weighted by Crippen LogP contribution is -2.50. The van der Waals surface area contributed by atoms with Gasteiger partial charge in [-0.1, -0.05) is 17.7 Å². The fourth-order valence-electron chi connectivity index (χ4n) is 3.43. The highest BCUT2D eigenvalue weighted by Gasteiger charge is 2.22. The zero-order valence-corrected chi connectivity index (χ0v) is 19.5. The molecule has 11 heteroatoms. The van der Waals surface area contributed by atoms with Crippen LogP contribution >= 0.6 is 22.9 Å². The van der Waals surface area contributed by atoms with Crippen molar-refractivity contribution in [1.29, 1.82) is 0 Å². The number of carbonyl (C=O) groups is 2. The van der Waals surface area contributed by atoms with E-state index in [4.69, 9.17) is 16.3 Å². The molecular weight excluding hydrogens is 464 g/mol. The summed E-state index contributed by atoms with van der Waals surface area (Å²) in [5, 5.41) is 8.31. The van der Waals surface area contributed by atoms with E-state index >= 15 is 0 Å². The Morgan fingerprint density at radius 2 is 1.97 bits per heavy atom. The van der Waals surface area contributed by atoms with Crippen molar-refractivity contribution in [2.45, 2.75) is 6.42 Å². The van der Waals surface area contributed by atoms with Gasteiger partial charge in [0.05, 0.1) is 24.9 Å². The molecule has 0 bridgehead atoms. The SMILES string of the molecule is COc1ccc(Cl)cc1NC(=O)Cc1csc(NC(=O)N2CCN(c3ccccn3)CC2)n1. The molecule has 3 amide bonds. The minimum Gasteiger partial charge on any atom is -0.495 e. The molecule has 3 heterocycles. The van der Waals surface area contributed by atoms with E-state index in [1.165, 1.54) is 18.4 Å². The Kier molecular flexibility index (Phi) is 7.26. The molecule has 1 aromatic carbocycles. The molecule has 1 aliphatic heterocycles. The van der Waals surface area contributed by atoms with Crippen LogP contribution in [0.3, 0.4) is 0 Å². The zero-order chi connectivity index (χ0) is 23.2. The van der Waals surface area contributed by atoms with Crippen molar-refractivity contribution in [1.82, 2.24) is 14.9 Å². The number of carbonyl (C=O) groups excluding carboxylic acids is 2. The van der Waals surface area contributed by atoms with Gasteiger partial charge in [0, 0.05) is 42.8 Å². The van der Waals surface area contributed by atoms with Crippen LogP contribution in [-0.2, 0) is 11.2 Å². The summed E-state index contributed by atoms with van der Waals surface area (Å²) in [6.45, 7) is 2.59. The number of methoxy groups -OCH3 is 1. The second-order valence-electron chi connectivity index (χ2n) is 7.31. The number of nitrogens with zero attached hydrogens (tertiary/aromatic N) is 4. The van der Waals surface area contributed by atoms with Crippen LogP contribution in [0.15, 0.2) is 48.0 Å². The summed E-state index contributed by atoms with van der Waals surface area (Å²) in [6, 6.07) is 10.6. The van der Waals surface area contributed by atoms with Crippen LogP contribution in [0.1, 0.15) is 5.69 Å². The standard InChI is InChI=1S/C22H23ClN6O3S/c1-32-18-6-5-15(23)12-17(18)26-20(30)13-16-14-33-21(25-16)27-22(31)29-10-8-28(9-11-29)19-4-2-3-7-24-19/h2-7,12,14H,8-11,13H2,1H3,(H,26,30)(H,25,27,31). The second-order valence-corrected chi connectivity index (χ2v) is 8.60. The Morgan fingerprint density at radius 1 is 1.15 bits per heavy atom. The zero-order valence-electron chi connectivity index (χ0n) is 18.0. The topological polar surface area (TPSA) is 99.7 Å². The van der Waals surface area contributed by atoms with E-state index in [1.54, 1.807) is 34.7 Å². The third kappa shape index (κ3) is 5.91. The van der Waals surface area contributed by atoms with E-state index < -0.39 is 0 Å². The quantitative estimate of drug-likeness (QED) is 0.550. The lowest BCUT2D eigenvalue weighted by Gasteiger charge is -2.35. The molecule has 0 spiro atoms. The average Bonchev–Trinajstić information content (AvgIpc) is 3.26. The highest BCUT2D eigenvalue weighted by Crippen LogP contribution is 2.28. The first-order valence-corrected chi connectivity index (χ1v) is 11.6. The van der Waals surface area contributed by atoms with E-state index in [2.05, 4.69) is 25.5 Å². The molecule has 0 radical (unpaired) electrons. The molecule has 2 N–H and O–H groups in total. The number of piperazine rings is 1. The van der Waals surface area contributed by atoms with Gasteiger partial charge in [0.1, 0.15) is 11.6 Å². The van der Waals surface area contributed by atoms with E-state index in [0.717, 1.165) is 5.82 Å². The summed E-state index contributed by atoms with van der Waals surface area (Å²) in [7, 11) is 1.52. The van der Waals surface area contributed by atoms with Crippen molar-refractivity contribution in [3.63, 3.8) is 0 Å². The van der Waals surface area contributed by atoms with Crippen molar-refractivity contribution >= 4 is 51.5 Å². The number of halogens is 1. The first kappa shape index (κ1) is 22.8. The summed E-state index contributed by atoms with van der Waals surface area (Å²) in [6.07, 6.45) is 1.82. The molecule has 1 fully saturated rings. The molecule has 1 saturated heterocycles. The van der Waals surface area contributed by atoms with Gasteiger partial charge in [0.25, 0.3) is 0 Å². The summed E-state index contributed by atoms with van der Waals surface area (Å²) >= 11 is 7.29. The smallest absolute Gasteiger partial charge is 0.323 e. The Morgan fingerprint density at radius 3 is 2.70 bits per heavy atom. The van der Waals surface area contributed by atoms with Gasteiger partial charge in [-0.15, -0.1) is 11.3 Å². The van der Waals surface area contributed by atoms with E-state index in [-0.39, 0.29) is 18.4 Å². The Labute approximate surface area is 200 Å². The van der Waals surface area contributed by atoms with Crippen molar-refractivity contribution in [2.24, 2.45) is 0 Å². The molecular formula is C22H23ClN6O3S. The van der Waals surface area contributed by atoms with E-state index in [0.29, 0.717) is 53.5 Å². The van der Waals surface area contributed by atoms with Crippen LogP contribution in [0.4, 0.5) is 21.4 Å². The van der Waals surface area contributed by atoms with Crippen LogP contribution < -0.4 is 20.3 Å². The maximum atomic E-state index is 12.6. The van der Waals surface area contributed by atoms with Crippen molar-refractivity contribution < 1.29 is 14.3 Å². The van der Waals surface area contributed by atoms with E-state index in [9.17, 15) is 9.59 Å². The highest BCUT2D eigenvalue weighted by molar-refractivity contribution is 7.13. The molecule has 3 aromatic rings. The predicted molar refractivity (Wildman–Crippen MR) is 129 cm³/mol. The number of urea groups is 1. The van der Waals surface area contributed by atoms with Gasteiger partial charge < -0.3 is 19.9 Å². The minimum absolute atomic E-state index is 0.0603. The number of rotatable bonds is 6. The van der Waals surface area contributed by atoms with Crippen LogP contribution in [-0.4, -0.2) is 60.1 Å². The van der Waals surface area contributed by atoms with Gasteiger partial charge in [-0.25, -0.2) is 14.8 Å². The first-order chi connectivity index (χ1) is 16.0. The van der Waals surface area contributed by atoms with Crippen molar-refractivity contribution in [3.8, 4) is 5.75 Å². The minimum atomic E-state index is -0.260. The summed E-state index contributed by atoms with van der Waals surface area (Å²) in [5.74, 6) is 1.17. The number of nitrogens with one attached hydrogen (secondary N) is 2. The van der Waals surface area contributed by atoms with Crippen LogP contribution in [0, 0.1) is 0 Å². The van der Waals surface area contributed by atoms with Gasteiger partial charge in [0.2, 0.25) is 5.91 Å². The molecule has 0 atom stereocenters. The summed E-state index contributed by atoms with van der Waals surface area (Å²) in [4.78, 5) is 37.7. The first-order valence-electron chi connectivity index (χ1n) is 10.3. The second kappa shape index (κ2) is 10.5. The van der Waals surface area contributed by atoms with Gasteiger partial charge >= 0.3 is 6.03 Å². The number of thiazole rings is 1. The molecule has 172 valence electrons. The number of hydrogen-bond donors (Lipinski definition) is 2. The van der Waals surface area contributed by atoms with Crippen LogP contribution in [0.25, 0.3) is 0 Å². The molecule has 0 aliphatic carbocycles. The maximum Gasteiger partial charge on any atom is 0.323 e. The third-order valence-electron chi connectivity index (χ3n) is 5.08. The van der Waals surface area contributed by atoms with Gasteiger partial charge in [-0.05, 0) is 30.3 Å².